The molecular formula is C19H21F7N8. The van der Waals surface area contributed by atoms with Crippen molar-refractivity contribution in [1.29, 1.82) is 0 Å². The molecule has 2 atom stereocenters. The van der Waals surface area contributed by atoms with Gasteiger partial charge in [-0.05, 0) is 40.8 Å². The monoisotopic (exact) mass is 494 g/mol. The van der Waals surface area contributed by atoms with Crippen molar-refractivity contribution in [2.24, 2.45) is 11.7 Å². The highest BCUT2D eigenvalue weighted by molar-refractivity contribution is 5.43. The predicted molar refractivity (Wildman–Crippen MR) is 103 cm³/mol. The van der Waals surface area contributed by atoms with Gasteiger partial charge in [-0.3, -0.25) is 0 Å². The Morgan fingerprint density at radius 1 is 1.18 bits per heavy atom. The van der Waals surface area contributed by atoms with Crippen LogP contribution in [0.5, 0.6) is 0 Å². The Bertz CT molecular complexity index is 1120. The molecule has 2 unspecified atom stereocenters. The van der Waals surface area contributed by atoms with Gasteiger partial charge in [-0.15, -0.1) is 5.10 Å². The summed E-state index contributed by atoms with van der Waals surface area (Å²) in [7, 11) is 0. The number of imidazole rings is 1. The van der Waals surface area contributed by atoms with Crippen molar-refractivity contribution < 1.29 is 30.7 Å². The molecule has 2 N–H and O–H groups in total. The molecule has 0 bridgehead atoms. The second-order valence-corrected chi connectivity index (χ2v) is 8.47. The number of nitrogens with zero attached hydrogens (tertiary/aromatic N) is 7. The summed E-state index contributed by atoms with van der Waals surface area (Å²) >= 11 is 0. The van der Waals surface area contributed by atoms with E-state index in [1.807, 2.05) is 0 Å². The van der Waals surface area contributed by atoms with E-state index in [4.69, 9.17) is 5.73 Å². The first-order valence-electron chi connectivity index (χ1n) is 10.5. The number of rotatable bonds is 7. The van der Waals surface area contributed by atoms with Crippen LogP contribution < -0.4 is 5.73 Å². The SMILES string of the molecule is NC(c1cn2ncc(C(CC(F)F)c3nnnn3CC(F)(F)F)cc2n1)C1CCC(F)(F)CC1. The Hall–Kier alpha value is -2.84. The highest BCUT2D eigenvalue weighted by Gasteiger charge is 2.38. The lowest BCUT2D eigenvalue weighted by Gasteiger charge is -2.31. The Morgan fingerprint density at radius 2 is 1.88 bits per heavy atom. The van der Waals surface area contributed by atoms with Gasteiger partial charge in [0.1, 0.15) is 6.54 Å². The first kappa shape index (κ1) is 24.3. The largest absolute Gasteiger partial charge is 0.408 e. The van der Waals surface area contributed by atoms with Crippen LogP contribution in [0.15, 0.2) is 18.5 Å². The molecule has 15 heteroatoms. The summed E-state index contributed by atoms with van der Waals surface area (Å²) in [5, 5.41) is 14.2. The first-order chi connectivity index (χ1) is 15.9. The molecule has 34 heavy (non-hydrogen) atoms. The van der Waals surface area contributed by atoms with Crippen LogP contribution in [0, 0.1) is 5.92 Å². The van der Waals surface area contributed by atoms with Crippen molar-refractivity contribution in [2.75, 3.05) is 0 Å². The third-order valence-corrected chi connectivity index (χ3v) is 5.99. The van der Waals surface area contributed by atoms with Crippen LogP contribution in [0.2, 0.25) is 0 Å². The molecule has 0 radical (unpaired) electrons. The quantitative estimate of drug-likeness (QED) is 0.501. The highest BCUT2D eigenvalue weighted by atomic mass is 19.4. The molecule has 0 spiro atoms. The van der Waals surface area contributed by atoms with Gasteiger partial charge in [0, 0.05) is 19.3 Å². The van der Waals surface area contributed by atoms with Crippen molar-refractivity contribution in [3.8, 4) is 0 Å². The van der Waals surface area contributed by atoms with Gasteiger partial charge >= 0.3 is 6.18 Å². The normalized spacial score (nSPS) is 19.1. The van der Waals surface area contributed by atoms with E-state index in [1.54, 1.807) is 0 Å². The number of fused-ring (bicyclic) bond motifs is 1. The summed E-state index contributed by atoms with van der Waals surface area (Å²) in [4.78, 5) is 4.37. The molecule has 0 amide bonds. The molecule has 8 nitrogen and oxygen atoms in total. The zero-order valence-corrected chi connectivity index (χ0v) is 17.6. The maximum atomic E-state index is 13.5. The predicted octanol–water partition coefficient (Wildman–Crippen LogP) is 3.89. The van der Waals surface area contributed by atoms with Gasteiger partial charge in [0.25, 0.3) is 0 Å². The molecule has 0 aromatic carbocycles. The number of alkyl halides is 7. The number of halogens is 7. The number of hydrogen-bond donors (Lipinski definition) is 1. The molecule has 3 aromatic heterocycles. The molecule has 4 rings (SSSR count). The van der Waals surface area contributed by atoms with Crippen LogP contribution in [0.3, 0.4) is 0 Å². The lowest BCUT2D eigenvalue weighted by Crippen LogP contribution is -2.31. The maximum absolute atomic E-state index is 13.5. The molecular weight excluding hydrogens is 473 g/mol. The molecule has 3 heterocycles. The van der Waals surface area contributed by atoms with Gasteiger partial charge in [0.2, 0.25) is 12.3 Å². The average Bonchev–Trinajstić information content (AvgIpc) is 3.36. The van der Waals surface area contributed by atoms with E-state index in [-0.39, 0.29) is 48.6 Å². The molecule has 0 aliphatic heterocycles. The molecule has 3 aromatic rings. The Morgan fingerprint density at radius 3 is 2.53 bits per heavy atom. The van der Waals surface area contributed by atoms with E-state index in [2.05, 4.69) is 25.6 Å². The smallest absolute Gasteiger partial charge is 0.322 e. The summed E-state index contributed by atoms with van der Waals surface area (Å²) in [6, 6.07) is 0.773. The van der Waals surface area contributed by atoms with Gasteiger partial charge < -0.3 is 5.73 Å². The molecule has 1 saturated carbocycles. The Labute approximate surface area is 188 Å². The van der Waals surface area contributed by atoms with Gasteiger partial charge in [-0.2, -0.15) is 18.3 Å². The van der Waals surface area contributed by atoms with E-state index in [0.29, 0.717) is 10.4 Å². The molecule has 0 saturated heterocycles. The van der Waals surface area contributed by atoms with Crippen LogP contribution in [0.1, 0.15) is 61.1 Å². The third-order valence-electron chi connectivity index (χ3n) is 5.99. The minimum atomic E-state index is -4.65. The summed E-state index contributed by atoms with van der Waals surface area (Å²) in [5.41, 5.74) is 7.02. The van der Waals surface area contributed by atoms with E-state index in [0.717, 1.165) is 0 Å². The summed E-state index contributed by atoms with van der Waals surface area (Å²) in [6.45, 7) is -1.53. The van der Waals surface area contributed by atoms with Gasteiger partial charge in [0.15, 0.2) is 11.5 Å². The zero-order valence-electron chi connectivity index (χ0n) is 17.6. The van der Waals surface area contributed by atoms with Crippen molar-refractivity contribution >= 4 is 5.65 Å². The fourth-order valence-corrected chi connectivity index (χ4v) is 4.24. The van der Waals surface area contributed by atoms with Crippen molar-refractivity contribution in [1.82, 2.24) is 34.8 Å². The standard InChI is InChI=1S/C19H21F7N8/c20-14(21)6-12(17-30-31-32-34(17)9-19(24,25)26)11-5-15-29-13(8-33(15)28-7-11)16(27)10-1-3-18(22,23)4-2-10/h5,7-8,10,12,14,16H,1-4,6,9,27H2. The number of aromatic nitrogens is 7. The van der Waals surface area contributed by atoms with E-state index in [1.165, 1.54) is 23.0 Å². The number of hydrogen-bond acceptors (Lipinski definition) is 6. The van der Waals surface area contributed by atoms with E-state index < -0.39 is 43.4 Å². The molecule has 186 valence electrons. The van der Waals surface area contributed by atoms with E-state index in [9.17, 15) is 30.7 Å². The van der Waals surface area contributed by atoms with Gasteiger partial charge in [-0.25, -0.2) is 31.7 Å². The first-order valence-corrected chi connectivity index (χ1v) is 10.5. The minimum Gasteiger partial charge on any atom is -0.322 e. The van der Waals surface area contributed by atoms with Crippen LogP contribution in [0.4, 0.5) is 30.7 Å². The number of tetrazole rings is 1. The maximum Gasteiger partial charge on any atom is 0.408 e. The van der Waals surface area contributed by atoms with Crippen molar-refractivity contribution in [2.45, 2.75) is 69.1 Å². The second-order valence-electron chi connectivity index (χ2n) is 8.47. The average molecular weight is 494 g/mol. The lowest BCUT2D eigenvalue weighted by atomic mass is 9.81. The third kappa shape index (κ3) is 5.45. The second kappa shape index (κ2) is 9.07. The lowest BCUT2D eigenvalue weighted by molar-refractivity contribution is -0.143. The minimum absolute atomic E-state index is 0.147. The zero-order chi connectivity index (χ0) is 24.7. The van der Waals surface area contributed by atoms with Gasteiger partial charge in [-0.1, -0.05) is 0 Å². The van der Waals surface area contributed by atoms with Crippen LogP contribution in [-0.4, -0.2) is 53.3 Å². The van der Waals surface area contributed by atoms with Crippen molar-refractivity contribution in [3.05, 3.63) is 35.5 Å². The topological polar surface area (TPSA) is 99.8 Å². The molecule has 1 aliphatic carbocycles. The van der Waals surface area contributed by atoms with Crippen LogP contribution in [-0.2, 0) is 6.54 Å². The molecule has 1 fully saturated rings. The highest BCUT2D eigenvalue weighted by Crippen LogP contribution is 2.40. The van der Waals surface area contributed by atoms with Crippen LogP contribution in [0.25, 0.3) is 5.65 Å². The summed E-state index contributed by atoms with van der Waals surface area (Å²) in [5.74, 6) is -4.56. The fourth-order valence-electron chi connectivity index (χ4n) is 4.24. The Kier molecular flexibility index (Phi) is 6.48. The number of nitrogens with two attached hydrogens (primary N) is 1. The molecule has 1 aliphatic rings. The van der Waals surface area contributed by atoms with Crippen LogP contribution >= 0.6 is 0 Å². The summed E-state index contributed by atoms with van der Waals surface area (Å²) < 4.78 is 93.9. The summed E-state index contributed by atoms with van der Waals surface area (Å²) in [6.07, 6.45) is -5.65. The van der Waals surface area contributed by atoms with Crippen molar-refractivity contribution in [3.63, 3.8) is 0 Å². The van der Waals surface area contributed by atoms with Gasteiger partial charge in [0.05, 0.1) is 30.0 Å². The fraction of sp³-hybridized carbons (Fsp3) is 0.632. The van der Waals surface area contributed by atoms with E-state index >= 15 is 0 Å². The Balaban J connectivity index is 1.62.